The first-order valence-corrected chi connectivity index (χ1v) is 4.77. The van der Waals surface area contributed by atoms with Crippen LogP contribution in [-0.4, -0.2) is 49.8 Å². The number of hydrogen-bond acceptors (Lipinski definition) is 4. The molecular formula is C9H18N2O2. The van der Waals surface area contributed by atoms with Crippen LogP contribution in [0.15, 0.2) is 0 Å². The van der Waals surface area contributed by atoms with Gasteiger partial charge in [0.1, 0.15) is 0 Å². The highest BCUT2D eigenvalue weighted by atomic mass is 16.5. The first-order chi connectivity index (χ1) is 6.24. The quantitative estimate of drug-likeness (QED) is 0.598. The Bertz CT molecular complexity index is 167. The average molecular weight is 186 g/mol. The summed E-state index contributed by atoms with van der Waals surface area (Å²) < 4.78 is 4.58. The first kappa shape index (κ1) is 10.5. The van der Waals surface area contributed by atoms with Crippen LogP contribution in [0.1, 0.15) is 19.3 Å². The number of esters is 1. The Kier molecular flexibility index (Phi) is 4.18. The summed E-state index contributed by atoms with van der Waals surface area (Å²) in [6.45, 7) is 3.00. The summed E-state index contributed by atoms with van der Waals surface area (Å²) in [5, 5.41) is 4.40. The predicted molar refractivity (Wildman–Crippen MR) is 50.1 cm³/mol. The molecule has 0 aromatic rings. The van der Waals surface area contributed by atoms with Crippen molar-refractivity contribution in [3.8, 4) is 0 Å². The van der Waals surface area contributed by atoms with Gasteiger partial charge in [-0.2, -0.15) is 0 Å². The van der Waals surface area contributed by atoms with E-state index in [9.17, 15) is 4.79 Å². The molecule has 0 unspecified atom stereocenters. The lowest BCUT2D eigenvalue weighted by atomic mass is 10.4. The highest BCUT2D eigenvalue weighted by molar-refractivity contribution is 5.69. The molecule has 0 atom stereocenters. The lowest BCUT2D eigenvalue weighted by Crippen LogP contribution is -2.38. The normalized spacial score (nSPS) is 18.1. The first-order valence-electron chi connectivity index (χ1n) is 4.77. The molecule has 0 spiro atoms. The summed E-state index contributed by atoms with van der Waals surface area (Å²) in [6, 6.07) is 0. The van der Waals surface area contributed by atoms with E-state index < -0.39 is 0 Å². The SMILES string of the molecule is COC(=O)CCN(C)N1CCCC1. The number of methoxy groups -OCH3 is 1. The highest BCUT2D eigenvalue weighted by Crippen LogP contribution is 2.09. The maximum atomic E-state index is 10.9. The second kappa shape index (κ2) is 5.19. The molecule has 0 saturated carbocycles. The Hall–Kier alpha value is -0.610. The zero-order valence-corrected chi connectivity index (χ0v) is 8.45. The highest BCUT2D eigenvalue weighted by Gasteiger charge is 2.16. The number of carbonyl (C=O) groups is 1. The minimum Gasteiger partial charge on any atom is -0.469 e. The van der Waals surface area contributed by atoms with E-state index in [0.717, 1.165) is 19.6 Å². The molecular weight excluding hydrogens is 168 g/mol. The van der Waals surface area contributed by atoms with Crippen molar-refractivity contribution in [1.29, 1.82) is 0 Å². The molecule has 4 heteroatoms. The molecule has 13 heavy (non-hydrogen) atoms. The monoisotopic (exact) mass is 186 g/mol. The van der Waals surface area contributed by atoms with Gasteiger partial charge in [0.15, 0.2) is 0 Å². The summed E-state index contributed by atoms with van der Waals surface area (Å²) in [5.41, 5.74) is 0. The number of hydrogen-bond donors (Lipinski definition) is 0. The Balaban J connectivity index is 2.16. The molecule has 0 bridgehead atoms. The summed E-state index contributed by atoms with van der Waals surface area (Å²) in [5.74, 6) is -0.133. The largest absolute Gasteiger partial charge is 0.469 e. The summed E-state index contributed by atoms with van der Waals surface area (Å²) >= 11 is 0. The number of rotatable bonds is 4. The van der Waals surface area contributed by atoms with Crippen LogP contribution in [0.2, 0.25) is 0 Å². The molecule has 4 nitrogen and oxygen atoms in total. The molecule has 0 aliphatic carbocycles. The summed E-state index contributed by atoms with van der Waals surface area (Å²) in [7, 11) is 3.45. The van der Waals surface area contributed by atoms with E-state index >= 15 is 0 Å². The van der Waals surface area contributed by atoms with Gasteiger partial charge in [0.2, 0.25) is 0 Å². The Morgan fingerprint density at radius 3 is 2.62 bits per heavy atom. The molecule has 1 fully saturated rings. The lowest BCUT2D eigenvalue weighted by Gasteiger charge is -2.26. The standard InChI is InChI=1S/C9H18N2O2/c1-10(8-5-9(12)13-2)11-6-3-4-7-11/h3-8H2,1-2H3. The van der Waals surface area contributed by atoms with Crippen LogP contribution >= 0.6 is 0 Å². The number of hydrazine groups is 1. The second-order valence-corrected chi connectivity index (χ2v) is 3.37. The molecule has 76 valence electrons. The van der Waals surface area contributed by atoms with Crippen molar-refractivity contribution >= 4 is 5.97 Å². The van der Waals surface area contributed by atoms with Gasteiger partial charge in [-0.1, -0.05) is 0 Å². The van der Waals surface area contributed by atoms with Crippen molar-refractivity contribution in [2.45, 2.75) is 19.3 Å². The fourth-order valence-electron chi connectivity index (χ4n) is 1.54. The number of carbonyl (C=O) groups excluding carboxylic acids is 1. The fourth-order valence-corrected chi connectivity index (χ4v) is 1.54. The van der Waals surface area contributed by atoms with Gasteiger partial charge >= 0.3 is 5.97 Å². The van der Waals surface area contributed by atoms with Gasteiger partial charge in [0.25, 0.3) is 0 Å². The van der Waals surface area contributed by atoms with Gasteiger partial charge in [-0.25, -0.2) is 10.0 Å². The second-order valence-electron chi connectivity index (χ2n) is 3.37. The third kappa shape index (κ3) is 3.32. The van der Waals surface area contributed by atoms with Crippen LogP contribution in [0.3, 0.4) is 0 Å². The molecule has 0 N–H and O–H groups in total. The van der Waals surface area contributed by atoms with E-state index in [1.54, 1.807) is 0 Å². The average Bonchev–Trinajstić information content (AvgIpc) is 2.66. The molecule has 0 amide bonds. The van der Waals surface area contributed by atoms with Crippen molar-refractivity contribution in [1.82, 2.24) is 10.0 Å². The van der Waals surface area contributed by atoms with Crippen molar-refractivity contribution in [3.63, 3.8) is 0 Å². The molecule has 1 rings (SSSR count). The van der Waals surface area contributed by atoms with Gasteiger partial charge < -0.3 is 4.74 Å². The maximum Gasteiger partial charge on any atom is 0.306 e. The fraction of sp³-hybridized carbons (Fsp3) is 0.889. The smallest absolute Gasteiger partial charge is 0.306 e. The van der Waals surface area contributed by atoms with Gasteiger partial charge in [0, 0.05) is 26.7 Å². The van der Waals surface area contributed by atoms with E-state index in [0.29, 0.717) is 6.42 Å². The molecule has 0 radical (unpaired) electrons. The van der Waals surface area contributed by atoms with Gasteiger partial charge in [0.05, 0.1) is 13.5 Å². The molecule has 1 aliphatic heterocycles. The topological polar surface area (TPSA) is 32.8 Å². The van der Waals surface area contributed by atoms with Crippen molar-refractivity contribution < 1.29 is 9.53 Å². The molecule has 0 aromatic heterocycles. The zero-order valence-electron chi connectivity index (χ0n) is 8.45. The van der Waals surface area contributed by atoms with E-state index in [4.69, 9.17) is 0 Å². The summed E-state index contributed by atoms with van der Waals surface area (Å²) in [6.07, 6.45) is 3.01. The third-order valence-electron chi connectivity index (χ3n) is 2.43. The minimum absolute atomic E-state index is 0.133. The number of ether oxygens (including phenoxy) is 1. The van der Waals surface area contributed by atoms with Crippen LogP contribution in [0.4, 0.5) is 0 Å². The Morgan fingerprint density at radius 2 is 2.08 bits per heavy atom. The van der Waals surface area contributed by atoms with E-state index in [1.165, 1.54) is 20.0 Å². The van der Waals surface area contributed by atoms with Crippen molar-refractivity contribution in [3.05, 3.63) is 0 Å². The van der Waals surface area contributed by atoms with Crippen molar-refractivity contribution in [2.24, 2.45) is 0 Å². The van der Waals surface area contributed by atoms with Crippen LogP contribution in [0.25, 0.3) is 0 Å². The molecule has 1 aliphatic rings. The Labute approximate surface area is 79.4 Å². The van der Waals surface area contributed by atoms with Crippen LogP contribution in [0.5, 0.6) is 0 Å². The number of nitrogens with zero attached hydrogens (tertiary/aromatic N) is 2. The predicted octanol–water partition coefficient (Wildman–Crippen LogP) is 0.492. The van der Waals surface area contributed by atoms with Crippen molar-refractivity contribution in [2.75, 3.05) is 33.8 Å². The van der Waals surface area contributed by atoms with E-state index in [1.807, 2.05) is 7.05 Å². The molecule has 0 aromatic carbocycles. The Morgan fingerprint density at radius 1 is 1.46 bits per heavy atom. The lowest BCUT2D eigenvalue weighted by molar-refractivity contribution is -0.141. The van der Waals surface area contributed by atoms with Gasteiger partial charge in [-0.05, 0) is 12.8 Å². The summed E-state index contributed by atoms with van der Waals surface area (Å²) in [4.78, 5) is 10.9. The van der Waals surface area contributed by atoms with Gasteiger partial charge in [-0.3, -0.25) is 4.79 Å². The zero-order chi connectivity index (χ0) is 9.68. The van der Waals surface area contributed by atoms with Crippen LogP contribution in [-0.2, 0) is 9.53 Å². The molecule has 1 saturated heterocycles. The van der Waals surface area contributed by atoms with E-state index in [-0.39, 0.29) is 5.97 Å². The molecule has 1 heterocycles. The van der Waals surface area contributed by atoms with E-state index in [2.05, 4.69) is 14.8 Å². The van der Waals surface area contributed by atoms with Crippen LogP contribution in [0, 0.1) is 0 Å². The third-order valence-corrected chi connectivity index (χ3v) is 2.43. The minimum atomic E-state index is -0.133. The van der Waals surface area contributed by atoms with Crippen LogP contribution < -0.4 is 0 Å². The maximum absolute atomic E-state index is 10.9. The van der Waals surface area contributed by atoms with Gasteiger partial charge in [-0.15, -0.1) is 0 Å².